The van der Waals surface area contributed by atoms with Crippen LogP contribution < -0.4 is 10.6 Å². The zero-order valence-corrected chi connectivity index (χ0v) is 15.3. The highest BCUT2D eigenvalue weighted by Gasteiger charge is 2.55. The summed E-state index contributed by atoms with van der Waals surface area (Å²) in [6.45, 7) is 3.58. The summed E-state index contributed by atoms with van der Waals surface area (Å²) in [5.74, 6) is -0.746. The quantitative estimate of drug-likeness (QED) is 0.823. The van der Waals surface area contributed by atoms with Gasteiger partial charge in [-0.25, -0.2) is 4.79 Å². The molecular formula is C21H21N3O3. The first-order valence-electron chi connectivity index (χ1n) is 9.01. The summed E-state index contributed by atoms with van der Waals surface area (Å²) in [4.78, 5) is 39.1. The van der Waals surface area contributed by atoms with E-state index in [-0.39, 0.29) is 12.5 Å². The van der Waals surface area contributed by atoms with Crippen LogP contribution in [-0.2, 0) is 21.5 Å². The van der Waals surface area contributed by atoms with E-state index in [9.17, 15) is 14.4 Å². The first kappa shape index (κ1) is 17.3. The lowest BCUT2D eigenvalue weighted by Gasteiger charge is -2.22. The number of benzene rings is 2. The standard InChI is InChI=1S/C21H21N3O3/c1-13-6-5-9-17(14(13)2)22-18(25)12-24-19(26)21(23-20(24)27)11-10-15-7-3-4-8-16(15)21/h3-9H,10-12H2,1-2H3,(H,22,25)(H,23,27)/t21-/m0/s1. The van der Waals surface area contributed by atoms with Crippen molar-refractivity contribution in [2.24, 2.45) is 0 Å². The number of nitrogens with zero attached hydrogens (tertiary/aromatic N) is 1. The van der Waals surface area contributed by atoms with Crippen molar-refractivity contribution in [3.63, 3.8) is 0 Å². The van der Waals surface area contributed by atoms with Crippen LogP contribution >= 0.6 is 0 Å². The van der Waals surface area contributed by atoms with Gasteiger partial charge in [-0.3, -0.25) is 14.5 Å². The fraction of sp³-hybridized carbons (Fsp3) is 0.286. The van der Waals surface area contributed by atoms with Crippen LogP contribution in [0.5, 0.6) is 0 Å². The monoisotopic (exact) mass is 363 g/mol. The van der Waals surface area contributed by atoms with Crippen molar-refractivity contribution >= 4 is 23.5 Å². The molecule has 138 valence electrons. The van der Waals surface area contributed by atoms with Crippen LogP contribution in [0.1, 0.15) is 28.7 Å². The summed E-state index contributed by atoms with van der Waals surface area (Å²) in [6, 6.07) is 12.7. The van der Waals surface area contributed by atoms with E-state index in [0.29, 0.717) is 12.1 Å². The van der Waals surface area contributed by atoms with Crippen molar-refractivity contribution in [3.05, 3.63) is 64.7 Å². The van der Waals surface area contributed by atoms with E-state index < -0.39 is 17.5 Å². The van der Waals surface area contributed by atoms with Gasteiger partial charge in [-0.05, 0) is 55.0 Å². The molecule has 1 spiro atoms. The number of fused-ring (bicyclic) bond motifs is 2. The smallest absolute Gasteiger partial charge is 0.324 e. The fourth-order valence-electron chi connectivity index (χ4n) is 3.95. The first-order valence-corrected chi connectivity index (χ1v) is 9.01. The van der Waals surface area contributed by atoms with Gasteiger partial charge in [0.2, 0.25) is 5.91 Å². The third-order valence-electron chi connectivity index (χ3n) is 5.60. The van der Waals surface area contributed by atoms with E-state index in [2.05, 4.69) is 10.6 Å². The number of imide groups is 1. The summed E-state index contributed by atoms with van der Waals surface area (Å²) < 4.78 is 0. The van der Waals surface area contributed by atoms with Gasteiger partial charge in [-0.1, -0.05) is 36.4 Å². The summed E-state index contributed by atoms with van der Waals surface area (Å²) in [5.41, 5.74) is 3.57. The molecule has 0 unspecified atom stereocenters. The average molecular weight is 363 g/mol. The van der Waals surface area contributed by atoms with Gasteiger partial charge >= 0.3 is 6.03 Å². The predicted octanol–water partition coefficient (Wildman–Crippen LogP) is 2.64. The van der Waals surface area contributed by atoms with E-state index in [4.69, 9.17) is 0 Å². The maximum Gasteiger partial charge on any atom is 0.325 e. The molecule has 6 heteroatoms. The van der Waals surface area contributed by atoms with Crippen LogP contribution in [0.25, 0.3) is 0 Å². The van der Waals surface area contributed by atoms with Crippen molar-refractivity contribution in [2.75, 3.05) is 11.9 Å². The largest absolute Gasteiger partial charge is 0.325 e. The number of amides is 4. The van der Waals surface area contributed by atoms with Crippen LogP contribution in [0.4, 0.5) is 10.5 Å². The number of aryl methyl sites for hydroxylation is 2. The zero-order chi connectivity index (χ0) is 19.2. The Morgan fingerprint density at radius 3 is 2.74 bits per heavy atom. The Labute approximate surface area is 157 Å². The molecule has 4 rings (SSSR count). The number of rotatable bonds is 3. The van der Waals surface area contributed by atoms with Crippen LogP contribution in [0, 0.1) is 13.8 Å². The van der Waals surface area contributed by atoms with Gasteiger partial charge < -0.3 is 10.6 Å². The molecule has 0 radical (unpaired) electrons. The van der Waals surface area contributed by atoms with Gasteiger partial charge in [-0.15, -0.1) is 0 Å². The first-order chi connectivity index (χ1) is 12.9. The van der Waals surface area contributed by atoms with Gasteiger partial charge in [0, 0.05) is 5.69 Å². The van der Waals surface area contributed by atoms with Gasteiger partial charge in [0.15, 0.2) is 0 Å². The minimum Gasteiger partial charge on any atom is -0.324 e. The summed E-state index contributed by atoms with van der Waals surface area (Å²) in [6.07, 6.45) is 1.25. The Balaban J connectivity index is 1.54. The lowest BCUT2D eigenvalue weighted by Crippen LogP contribution is -2.43. The highest BCUT2D eigenvalue weighted by molar-refractivity contribution is 6.11. The molecule has 2 aromatic rings. The van der Waals surface area contributed by atoms with Crippen LogP contribution in [0.3, 0.4) is 0 Å². The fourth-order valence-corrected chi connectivity index (χ4v) is 3.95. The molecule has 4 amide bonds. The Morgan fingerprint density at radius 2 is 1.93 bits per heavy atom. The topological polar surface area (TPSA) is 78.5 Å². The predicted molar refractivity (Wildman–Crippen MR) is 101 cm³/mol. The number of hydrogen-bond acceptors (Lipinski definition) is 3. The summed E-state index contributed by atoms with van der Waals surface area (Å²) in [5, 5.41) is 5.64. The maximum atomic E-state index is 13.1. The van der Waals surface area contributed by atoms with Crippen LogP contribution in [0.15, 0.2) is 42.5 Å². The van der Waals surface area contributed by atoms with Crippen molar-refractivity contribution in [1.82, 2.24) is 10.2 Å². The Hall–Kier alpha value is -3.15. The van der Waals surface area contributed by atoms with Crippen LogP contribution in [-0.4, -0.2) is 29.3 Å². The highest BCUT2D eigenvalue weighted by Crippen LogP contribution is 2.41. The van der Waals surface area contributed by atoms with E-state index >= 15 is 0 Å². The molecule has 1 heterocycles. The Bertz CT molecular complexity index is 969. The second-order valence-corrected chi connectivity index (χ2v) is 7.18. The molecule has 0 aromatic heterocycles. The third kappa shape index (κ3) is 2.68. The molecule has 1 saturated heterocycles. The number of carbonyl (C=O) groups excluding carboxylic acids is 3. The van der Waals surface area contributed by atoms with Crippen LogP contribution in [0.2, 0.25) is 0 Å². The lowest BCUT2D eigenvalue weighted by molar-refractivity contribution is -0.134. The summed E-state index contributed by atoms with van der Waals surface area (Å²) in [7, 11) is 0. The summed E-state index contributed by atoms with van der Waals surface area (Å²) >= 11 is 0. The maximum absolute atomic E-state index is 13.1. The Kier molecular flexibility index (Phi) is 3.98. The third-order valence-corrected chi connectivity index (χ3v) is 5.60. The van der Waals surface area contributed by atoms with Crippen molar-refractivity contribution in [3.8, 4) is 0 Å². The second kappa shape index (κ2) is 6.23. The number of urea groups is 1. The zero-order valence-electron chi connectivity index (χ0n) is 15.3. The molecule has 1 atom stereocenters. The van der Waals surface area contributed by atoms with Crippen molar-refractivity contribution < 1.29 is 14.4 Å². The molecule has 1 aliphatic carbocycles. The van der Waals surface area contributed by atoms with Gasteiger partial charge in [-0.2, -0.15) is 0 Å². The Morgan fingerprint density at radius 1 is 1.15 bits per heavy atom. The molecule has 2 aliphatic rings. The van der Waals surface area contributed by atoms with E-state index in [1.807, 2.05) is 50.2 Å². The molecule has 1 aliphatic heterocycles. The minimum atomic E-state index is -1.03. The van der Waals surface area contributed by atoms with Gasteiger partial charge in [0.05, 0.1) is 0 Å². The molecular weight excluding hydrogens is 342 g/mol. The van der Waals surface area contributed by atoms with Crippen molar-refractivity contribution in [2.45, 2.75) is 32.2 Å². The average Bonchev–Trinajstić information content (AvgIpc) is 3.13. The minimum absolute atomic E-state index is 0.304. The number of anilines is 1. The number of nitrogens with one attached hydrogen (secondary N) is 2. The van der Waals surface area contributed by atoms with E-state index in [1.165, 1.54) is 0 Å². The number of hydrogen-bond donors (Lipinski definition) is 2. The van der Waals surface area contributed by atoms with Gasteiger partial charge in [0.1, 0.15) is 12.1 Å². The van der Waals surface area contributed by atoms with E-state index in [1.54, 1.807) is 6.07 Å². The lowest BCUT2D eigenvalue weighted by atomic mass is 9.92. The van der Waals surface area contributed by atoms with Crippen molar-refractivity contribution in [1.29, 1.82) is 0 Å². The molecule has 1 fully saturated rings. The second-order valence-electron chi connectivity index (χ2n) is 7.18. The van der Waals surface area contributed by atoms with Gasteiger partial charge in [0.25, 0.3) is 5.91 Å². The normalized spacial score (nSPS) is 20.7. The molecule has 2 N–H and O–H groups in total. The molecule has 6 nitrogen and oxygen atoms in total. The molecule has 27 heavy (non-hydrogen) atoms. The SMILES string of the molecule is Cc1cccc(NC(=O)CN2C(=O)N[C@]3(CCc4ccccc43)C2=O)c1C. The molecule has 0 bridgehead atoms. The molecule has 2 aromatic carbocycles. The highest BCUT2D eigenvalue weighted by atomic mass is 16.2. The van der Waals surface area contributed by atoms with E-state index in [0.717, 1.165) is 33.6 Å². The molecule has 0 saturated carbocycles. The number of carbonyl (C=O) groups is 3.